The summed E-state index contributed by atoms with van der Waals surface area (Å²) in [6.07, 6.45) is 1.59. The molecular weight excluding hydrogens is 368 g/mol. The number of hydrogen-bond donors (Lipinski definition) is 3. The Hall–Kier alpha value is -1.52. The number of hydrogen-bond acceptors (Lipinski definition) is 6. The van der Waals surface area contributed by atoms with E-state index in [9.17, 15) is 9.59 Å². The number of rotatable bonds is 4. The Morgan fingerprint density at radius 2 is 2.25 bits per heavy atom. The number of anilines is 1. The number of nitrogens with zero attached hydrogens (tertiary/aromatic N) is 2. The van der Waals surface area contributed by atoms with Crippen LogP contribution in [0, 0.1) is 0 Å². The van der Waals surface area contributed by atoms with Gasteiger partial charge in [0, 0.05) is 5.38 Å². The number of carboxylic acids is 1. The minimum Gasteiger partial charge on any atom is -0.476 e. The fourth-order valence-corrected chi connectivity index (χ4v) is 3.19. The quantitative estimate of drug-likeness (QED) is 0.760. The highest BCUT2D eigenvalue weighted by molar-refractivity contribution is 9.11. The van der Waals surface area contributed by atoms with Crippen molar-refractivity contribution in [1.29, 1.82) is 0 Å². The molecule has 106 valence electrons. The highest BCUT2D eigenvalue weighted by atomic mass is 79.9. The largest absolute Gasteiger partial charge is 0.476 e. The summed E-state index contributed by atoms with van der Waals surface area (Å²) in [5.41, 5.74) is -0.0251. The highest BCUT2D eigenvalue weighted by Crippen LogP contribution is 2.23. The fraction of sp³-hybridized carbons (Fsp3) is 0.200. The molecule has 2 amide bonds. The van der Waals surface area contributed by atoms with Crippen molar-refractivity contribution in [1.82, 2.24) is 15.3 Å². The molecule has 20 heavy (non-hydrogen) atoms. The minimum atomic E-state index is -1.09. The number of carbonyl (C=O) groups excluding carboxylic acids is 1. The summed E-state index contributed by atoms with van der Waals surface area (Å²) in [7, 11) is 0. The molecule has 2 aromatic rings. The number of amides is 2. The number of halogens is 1. The molecule has 10 heteroatoms. The molecule has 1 unspecified atom stereocenters. The van der Waals surface area contributed by atoms with E-state index in [2.05, 4.69) is 36.5 Å². The van der Waals surface area contributed by atoms with E-state index >= 15 is 0 Å². The van der Waals surface area contributed by atoms with Crippen molar-refractivity contribution in [3.05, 3.63) is 26.1 Å². The van der Waals surface area contributed by atoms with Gasteiger partial charge in [-0.1, -0.05) is 11.3 Å². The summed E-state index contributed by atoms with van der Waals surface area (Å²) < 4.78 is 0.812. The molecule has 3 N–H and O–H groups in total. The van der Waals surface area contributed by atoms with Crippen LogP contribution in [0.5, 0.6) is 0 Å². The van der Waals surface area contributed by atoms with E-state index in [0.717, 1.165) is 3.79 Å². The third-order valence-electron chi connectivity index (χ3n) is 2.16. The first-order valence-corrected chi connectivity index (χ1v) is 7.82. The zero-order valence-corrected chi connectivity index (χ0v) is 13.3. The van der Waals surface area contributed by atoms with Gasteiger partial charge in [-0.3, -0.25) is 5.32 Å². The van der Waals surface area contributed by atoms with E-state index in [-0.39, 0.29) is 5.69 Å². The molecule has 0 bridgehead atoms. The van der Waals surface area contributed by atoms with Gasteiger partial charge < -0.3 is 10.4 Å². The predicted molar refractivity (Wildman–Crippen MR) is 79.5 cm³/mol. The van der Waals surface area contributed by atoms with Crippen LogP contribution in [0.1, 0.15) is 28.5 Å². The highest BCUT2D eigenvalue weighted by Gasteiger charge is 2.16. The second kappa shape index (κ2) is 6.29. The number of thiazole rings is 2. The topological polar surface area (TPSA) is 104 Å². The molecule has 0 spiro atoms. The lowest BCUT2D eigenvalue weighted by Gasteiger charge is -2.10. The molecule has 0 radical (unpaired) electrons. The van der Waals surface area contributed by atoms with Gasteiger partial charge >= 0.3 is 12.0 Å². The van der Waals surface area contributed by atoms with Crippen LogP contribution in [0.25, 0.3) is 0 Å². The molecule has 0 aliphatic rings. The average Bonchev–Trinajstić information content (AvgIpc) is 2.98. The number of aromatic nitrogens is 2. The van der Waals surface area contributed by atoms with Crippen LogP contribution in [-0.2, 0) is 0 Å². The third kappa shape index (κ3) is 3.74. The van der Waals surface area contributed by atoms with Crippen molar-refractivity contribution in [2.75, 3.05) is 5.32 Å². The summed E-state index contributed by atoms with van der Waals surface area (Å²) >= 11 is 5.72. The first kappa shape index (κ1) is 14.9. The molecule has 0 saturated heterocycles. The van der Waals surface area contributed by atoms with Crippen LogP contribution in [0.3, 0.4) is 0 Å². The van der Waals surface area contributed by atoms with E-state index in [4.69, 9.17) is 5.11 Å². The predicted octanol–water partition coefficient (Wildman–Crippen LogP) is 2.94. The van der Waals surface area contributed by atoms with Crippen LogP contribution in [0.15, 0.2) is 15.4 Å². The van der Waals surface area contributed by atoms with Gasteiger partial charge in [-0.25, -0.2) is 19.6 Å². The van der Waals surface area contributed by atoms with E-state index in [0.29, 0.717) is 10.1 Å². The second-order valence-electron chi connectivity index (χ2n) is 3.67. The average molecular weight is 377 g/mol. The molecular formula is C10H9BrN4O3S2. The Kier molecular flexibility index (Phi) is 4.68. The van der Waals surface area contributed by atoms with Gasteiger partial charge in [0.25, 0.3) is 0 Å². The van der Waals surface area contributed by atoms with E-state index in [1.54, 1.807) is 13.1 Å². The number of carbonyl (C=O) groups is 2. The lowest BCUT2D eigenvalue weighted by Crippen LogP contribution is -2.31. The van der Waals surface area contributed by atoms with Gasteiger partial charge in [0.1, 0.15) is 5.01 Å². The van der Waals surface area contributed by atoms with Crippen molar-refractivity contribution < 1.29 is 14.7 Å². The number of urea groups is 1. The van der Waals surface area contributed by atoms with Crippen molar-refractivity contribution in [3.8, 4) is 0 Å². The van der Waals surface area contributed by atoms with Gasteiger partial charge in [-0.15, -0.1) is 11.3 Å². The molecule has 2 rings (SSSR count). The Morgan fingerprint density at radius 3 is 2.80 bits per heavy atom. The normalized spacial score (nSPS) is 11.9. The number of nitrogens with one attached hydrogen (secondary N) is 2. The minimum absolute atomic E-state index is 0.0251. The summed E-state index contributed by atoms with van der Waals surface area (Å²) in [5.74, 6) is -1.09. The molecule has 0 aliphatic carbocycles. The smallest absolute Gasteiger partial charge is 0.355 e. The molecule has 1 atom stereocenters. The van der Waals surface area contributed by atoms with Crippen LogP contribution >= 0.6 is 38.6 Å². The lowest BCUT2D eigenvalue weighted by molar-refractivity contribution is 0.0691. The van der Waals surface area contributed by atoms with Gasteiger partial charge in [0.15, 0.2) is 10.8 Å². The number of aromatic carboxylic acids is 1. The van der Waals surface area contributed by atoms with Gasteiger partial charge in [-0.05, 0) is 22.9 Å². The van der Waals surface area contributed by atoms with Crippen molar-refractivity contribution in [2.24, 2.45) is 0 Å². The van der Waals surface area contributed by atoms with Gasteiger partial charge in [0.05, 0.1) is 16.0 Å². The fourth-order valence-electron chi connectivity index (χ4n) is 1.29. The first-order chi connectivity index (χ1) is 9.45. The second-order valence-corrected chi connectivity index (χ2v) is 6.97. The van der Waals surface area contributed by atoms with E-state index in [1.165, 1.54) is 28.1 Å². The standard InChI is InChI=1S/C10H9BrN4O3S2/c1-4(7-14-5(3-19-7)8(16)17)13-9(18)15-10-12-2-6(11)20-10/h2-4H,1H3,(H,16,17)(H2,12,13,15,18). The maximum absolute atomic E-state index is 11.7. The molecule has 0 saturated carbocycles. The lowest BCUT2D eigenvalue weighted by atomic mass is 10.3. The van der Waals surface area contributed by atoms with Gasteiger partial charge in [0.2, 0.25) is 0 Å². The van der Waals surface area contributed by atoms with Crippen molar-refractivity contribution >= 4 is 55.7 Å². The molecule has 7 nitrogen and oxygen atoms in total. The third-order valence-corrected chi connectivity index (χ3v) is 4.58. The molecule has 2 heterocycles. The Morgan fingerprint density at radius 1 is 1.50 bits per heavy atom. The number of carboxylic acid groups (broad SMARTS) is 1. The maximum atomic E-state index is 11.7. The van der Waals surface area contributed by atoms with Crippen LogP contribution < -0.4 is 10.6 Å². The monoisotopic (exact) mass is 376 g/mol. The molecule has 2 aromatic heterocycles. The zero-order valence-electron chi connectivity index (χ0n) is 10.1. The molecule has 0 aliphatic heterocycles. The zero-order chi connectivity index (χ0) is 14.7. The Labute approximate surface area is 130 Å². The maximum Gasteiger partial charge on any atom is 0.355 e. The van der Waals surface area contributed by atoms with Crippen LogP contribution in [0.2, 0.25) is 0 Å². The summed E-state index contributed by atoms with van der Waals surface area (Å²) in [5, 5.41) is 16.5. The van der Waals surface area contributed by atoms with Crippen molar-refractivity contribution in [3.63, 3.8) is 0 Å². The van der Waals surface area contributed by atoms with E-state index in [1.807, 2.05) is 0 Å². The SMILES string of the molecule is CC(NC(=O)Nc1ncc(Br)s1)c1nc(C(=O)O)cs1. The summed E-state index contributed by atoms with van der Waals surface area (Å²) in [4.78, 5) is 30.4. The van der Waals surface area contributed by atoms with Crippen LogP contribution in [-0.4, -0.2) is 27.1 Å². The summed E-state index contributed by atoms with van der Waals surface area (Å²) in [6, 6.07) is -0.817. The first-order valence-electron chi connectivity index (χ1n) is 5.33. The molecule has 0 aromatic carbocycles. The summed E-state index contributed by atoms with van der Waals surface area (Å²) in [6.45, 7) is 1.72. The Bertz CT molecular complexity index is 642. The molecule has 0 fully saturated rings. The van der Waals surface area contributed by atoms with Crippen molar-refractivity contribution in [2.45, 2.75) is 13.0 Å². The van der Waals surface area contributed by atoms with Gasteiger partial charge in [-0.2, -0.15) is 0 Å². The van der Waals surface area contributed by atoms with Crippen LogP contribution in [0.4, 0.5) is 9.93 Å². The Balaban J connectivity index is 1.94. The van der Waals surface area contributed by atoms with E-state index < -0.39 is 18.0 Å².